The van der Waals surface area contributed by atoms with Gasteiger partial charge in [0.2, 0.25) is 0 Å². The van der Waals surface area contributed by atoms with E-state index in [0.29, 0.717) is 11.0 Å². The second-order valence-electron chi connectivity index (χ2n) is 7.31. The normalized spacial score (nSPS) is 46.4. The predicted octanol–water partition coefficient (Wildman–Crippen LogP) is 4.01. The maximum absolute atomic E-state index is 11.1. The van der Waals surface area contributed by atoms with Crippen molar-refractivity contribution < 1.29 is 9.90 Å². The lowest BCUT2D eigenvalue weighted by Crippen LogP contribution is -2.51. The van der Waals surface area contributed by atoms with Gasteiger partial charge in [-0.15, -0.1) is 0 Å². The summed E-state index contributed by atoms with van der Waals surface area (Å²) in [6, 6.07) is 0. The summed E-state index contributed by atoms with van der Waals surface area (Å²) in [7, 11) is 0. The summed E-state index contributed by atoms with van der Waals surface area (Å²) in [5, 5.41) is 9.14. The van der Waals surface area contributed by atoms with Crippen molar-refractivity contribution in [2.75, 3.05) is 0 Å². The molecular formula is C16H24O2. The first-order chi connectivity index (χ1) is 8.46. The molecule has 0 aliphatic heterocycles. The van der Waals surface area contributed by atoms with E-state index in [0.717, 1.165) is 11.8 Å². The first-order valence-electron chi connectivity index (χ1n) is 7.39. The molecule has 2 atom stereocenters. The average Bonchev–Trinajstić information content (AvgIpc) is 2.26. The molecule has 0 aromatic heterocycles. The topological polar surface area (TPSA) is 37.3 Å². The molecule has 4 bridgehead atoms. The Morgan fingerprint density at radius 1 is 1.28 bits per heavy atom. The third-order valence-corrected chi connectivity index (χ3v) is 5.84. The quantitative estimate of drug-likeness (QED) is 0.766. The molecule has 1 N–H and O–H groups in total. The van der Waals surface area contributed by atoms with Crippen LogP contribution >= 0.6 is 0 Å². The monoisotopic (exact) mass is 248 g/mol. The molecule has 0 aromatic carbocycles. The van der Waals surface area contributed by atoms with Gasteiger partial charge < -0.3 is 5.11 Å². The van der Waals surface area contributed by atoms with E-state index < -0.39 is 5.97 Å². The van der Waals surface area contributed by atoms with Crippen molar-refractivity contribution in [2.45, 2.75) is 58.8 Å². The second-order valence-corrected chi connectivity index (χ2v) is 7.31. The second kappa shape index (κ2) is 3.85. The summed E-state index contributed by atoms with van der Waals surface area (Å²) in [5.74, 6) is 0.990. The SMILES string of the molecule is CCC12CC3CC(CC(C=C(C)C(=O)O)(C3)C1)C2. The third-order valence-electron chi connectivity index (χ3n) is 5.84. The zero-order valence-electron chi connectivity index (χ0n) is 11.5. The summed E-state index contributed by atoms with van der Waals surface area (Å²) >= 11 is 0. The van der Waals surface area contributed by atoms with E-state index in [1.54, 1.807) is 6.92 Å². The molecule has 0 heterocycles. The van der Waals surface area contributed by atoms with E-state index in [4.69, 9.17) is 5.11 Å². The molecule has 4 aliphatic carbocycles. The van der Waals surface area contributed by atoms with Gasteiger partial charge in [-0.05, 0) is 68.1 Å². The van der Waals surface area contributed by atoms with Crippen molar-refractivity contribution >= 4 is 5.97 Å². The van der Waals surface area contributed by atoms with Crippen molar-refractivity contribution in [3.05, 3.63) is 11.6 Å². The predicted molar refractivity (Wildman–Crippen MR) is 71.2 cm³/mol. The molecule has 0 spiro atoms. The molecule has 4 rings (SSSR count). The van der Waals surface area contributed by atoms with Crippen LogP contribution in [0.1, 0.15) is 58.8 Å². The van der Waals surface area contributed by atoms with Crippen LogP contribution < -0.4 is 0 Å². The molecule has 0 aromatic rings. The lowest BCUT2D eigenvalue weighted by Gasteiger charge is -2.61. The molecule has 2 unspecified atom stereocenters. The fourth-order valence-electron chi connectivity index (χ4n) is 5.63. The molecule has 2 heteroatoms. The van der Waals surface area contributed by atoms with Crippen LogP contribution in [0.5, 0.6) is 0 Å². The first kappa shape index (κ1) is 12.3. The molecule has 0 radical (unpaired) electrons. The minimum Gasteiger partial charge on any atom is -0.478 e. The van der Waals surface area contributed by atoms with Gasteiger partial charge in [-0.25, -0.2) is 4.79 Å². The number of rotatable bonds is 3. The Morgan fingerprint density at radius 2 is 1.89 bits per heavy atom. The molecule has 100 valence electrons. The average molecular weight is 248 g/mol. The van der Waals surface area contributed by atoms with Gasteiger partial charge in [-0.2, -0.15) is 0 Å². The molecule has 0 saturated heterocycles. The van der Waals surface area contributed by atoms with Crippen molar-refractivity contribution in [2.24, 2.45) is 22.7 Å². The van der Waals surface area contributed by atoms with Gasteiger partial charge in [0, 0.05) is 5.57 Å². The zero-order chi connectivity index (χ0) is 13.0. The molecule has 0 amide bonds. The summed E-state index contributed by atoms with van der Waals surface area (Å²) in [5.41, 5.74) is 1.32. The van der Waals surface area contributed by atoms with Gasteiger partial charge in [0.1, 0.15) is 0 Å². The molecule has 4 aliphatic rings. The minimum atomic E-state index is -0.740. The highest BCUT2D eigenvalue weighted by Gasteiger charge is 2.55. The number of carboxylic acid groups (broad SMARTS) is 1. The smallest absolute Gasteiger partial charge is 0.330 e. The summed E-state index contributed by atoms with van der Waals surface area (Å²) in [6.07, 6.45) is 11.4. The summed E-state index contributed by atoms with van der Waals surface area (Å²) < 4.78 is 0. The molecular weight excluding hydrogens is 224 g/mol. The number of hydrogen-bond acceptors (Lipinski definition) is 1. The summed E-state index contributed by atoms with van der Waals surface area (Å²) in [4.78, 5) is 11.1. The van der Waals surface area contributed by atoms with Crippen molar-refractivity contribution in [3.8, 4) is 0 Å². The van der Waals surface area contributed by atoms with Gasteiger partial charge in [0.05, 0.1) is 0 Å². The van der Waals surface area contributed by atoms with Crippen LogP contribution in [0.4, 0.5) is 0 Å². The number of carboxylic acids is 1. The third kappa shape index (κ3) is 1.81. The maximum Gasteiger partial charge on any atom is 0.330 e. The van der Waals surface area contributed by atoms with E-state index >= 15 is 0 Å². The highest BCUT2D eigenvalue weighted by molar-refractivity contribution is 5.85. The Morgan fingerprint density at radius 3 is 2.39 bits per heavy atom. The Labute approximate surface area is 109 Å². The van der Waals surface area contributed by atoms with Crippen molar-refractivity contribution in [3.63, 3.8) is 0 Å². The zero-order valence-corrected chi connectivity index (χ0v) is 11.5. The van der Waals surface area contributed by atoms with Gasteiger partial charge >= 0.3 is 5.97 Å². The lowest BCUT2D eigenvalue weighted by molar-refractivity contribution is -0.133. The fraction of sp³-hybridized carbons (Fsp3) is 0.812. The van der Waals surface area contributed by atoms with Gasteiger partial charge in [-0.1, -0.05) is 19.4 Å². The highest BCUT2D eigenvalue weighted by Crippen LogP contribution is 2.66. The van der Waals surface area contributed by atoms with Gasteiger partial charge in [-0.3, -0.25) is 0 Å². The van der Waals surface area contributed by atoms with Gasteiger partial charge in [0.15, 0.2) is 0 Å². The number of aliphatic carboxylic acids is 1. The van der Waals surface area contributed by atoms with Crippen LogP contribution in [0.25, 0.3) is 0 Å². The number of hydrogen-bond donors (Lipinski definition) is 1. The van der Waals surface area contributed by atoms with Crippen LogP contribution in [0.2, 0.25) is 0 Å². The molecule has 18 heavy (non-hydrogen) atoms. The number of carbonyl (C=O) groups is 1. The van der Waals surface area contributed by atoms with Gasteiger partial charge in [0.25, 0.3) is 0 Å². The Bertz CT molecular complexity index is 393. The largest absolute Gasteiger partial charge is 0.478 e. The van der Waals surface area contributed by atoms with E-state index in [-0.39, 0.29) is 5.41 Å². The van der Waals surface area contributed by atoms with Crippen LogP contribution in [-0.4, -0.2) is 11.1 Å². The van der Waals surface area contributed by atoms with Crippen LogP contribution in [0, 0.1) is 22.7 Å². The Kier molecular flexibility index (Phi) is 2.62. The van der Waals surface area contributed by atoms with Crippen LogP contribution in [-0.2, 0) is 4.79 Å². The minimum absolute atomic E-state index is 0.225. The molecule has 4 saturated carbocycles. The number of allylic oxidation sites excluding steroid dienone is 1. The standard InChI is InChI=1S/C16H24O2/c1-3-15-6-12-4-13(7-15)9-16(8-12,10-15)5-11(2)14(17)18/h5,12-13H,3-4,6-10H2,1-2H3,(H,17,18). The highest BCUT2D eigenvalue weighted by atomic mass is 16.4. The maximum atomic E-state index is 11.1. The first-order valence-corrected chi connectivity index (χ1v) is 7.39. The Balaban J connectivity index is 1.94. The molecule has 4 fully saturated rings. The van der Waals surface area contributed by atoms with Crippen molar-refractivity contribution in [1.29, 1.82) is 0 Å². The van der Waals surface area contributed by atoms with Crippen LogP contribution in [0.15, 0.2) is 11.6 Å². The van der Waals surface area contributed by atoms with E-state index in [2.05, 4.69) is 13.0 Å². The van der Waals surface area contributed by atoms with E-state index in [1.807, 2.05) is 0 Å². The summed E-state index contributed by atoms with van der Waals surface area (Å²) in [6.45, 7) is 4.09. The van der Waals surface area contributed by atoms with E-state index in [1.165, 1.54) is 44.9 Å². The van der Waals surface area contributed by atoms with E-state index in [9.17, 15) is 4.79 Å². The van der Waals surface area contributed by atoms with Crippen molar-refractivity contribution in [1.82, 2.24) is 0 Å². The molecule has 2 nitrogen and oxygen atoms in total. The fourth-order valence-corrected chi connectivity index (χ4v) is 5.63. The van der Waals surface area contributed by atoms with Crippen LogP contribution in [0.3, 0.4) is 0 Å². The lowest BCUT2D eigenvalue weighted by atomic mass is 9.43. The Hall–Kier alpha value is -0.790.